The largest absolute Gasteiger partial charge is 0.393 e. The molecule has 0 aliphatic rings. The van der Waals surface area contributed by atoms with E-state index in [4.69, 9.17) is 10.2 Å². The molecule has 9 heavy (non-hydrogen) atoms. The van der Waals surface area contributed by atoms with Crippen LogP contribution in [0.25, 0.3) is 0 Å². The van der Waals surface area contributed by atoms with Gasteiger partial charge in [0, 0.05) is 0 Å². The number of rotatable bonds is 5. The van der Waals surface area contributed by atoms with Crippen LogP contribution in [-0.4, -0.2) is 16.3 Å². The predicted octanol–water partition coefficient (Wildman–Crippen LogP) is 1.46. The highest BCUT2D eigenvalue weighted by Gasteiger charge is 1.99. The third kappa shape index (κ3) is 5.80. The van der Waals surface area contributed by atoms with Crippen LogP contribution in [0.4, 0.5) is 0 Å². The predicted molar refractivity (Wildman–Crippen MR) is 36.4 cm³/mol. The molecule has 1 radical (unpaired) electrons. The van der Waals surface area contributed by atoms with Gasteiger partial charge >= 0.3 is 0 Å². The second kappa shape index (κ2) is 6.05. The molecule has 0 saturated heterocycles. The SMILES string of the molecule is CCCC(O)CC[CH]O. The molecule has 0 saturated carbocycles. The van der Waals surface area contributed by atoms with E-state index in [1.54, 1.807) is 0 Å². The fraction of sp³-hybridized carbons (Fsp3) is 0.857. The Bertz CT molecular complexity index is 54.9. The molecule has 55 valence electrons. The summed E-state index contributed by atoms with van der Waals surface area (Å²) in [5, 5.41) is 17.3. The maximum absolute atomic E-state index is 9.05. The highest BCUT2D eigenvalue weighted by Crippen LogP contribution is 2.03. The van der Waals surface area contributed by atoms with Gasteiger partial charge in [-0.05, 0) is 19.3 Å². The molecule has 0 heterocycles. The smallest absolute Gasteiger partial charge is 0.0800 e. The molecule has 0 aromatic rings. The van der Waals surface area contributed by atoms with Crippen LogP contribution in [-0.2, 0) is 0 Å². The summed E-state index contributed by atoms with van der Waals surface area (Å²) < 4.78 is 0. The van der Waals surface area contributed by atoms with Gasteiger partial charge in [0.15, 0.2) is 0 Å². The van der Waals surface area contributed by atoms with Gasteiger partial charge in [-0.25, -0.2) is 0 Å². The minimum absolute atomic E-state index is 0.224. The summed E-state index contributed by atoms with van der Waals surface area (Å²) >= 11 is 0. The molecule has 0 spiro atoms. The number of hydrogen-bond acceptors (Lipinski definition) is 2. The maximum Gasteiger partial charge on any atom is 0.0800 e. The van der Waals surface area contributed by atoms with Gasteiger partial charge in [-0.2, -0.15) is 0 Å². The minimum atomic E-state index is -0.224. The quantitative estimate of drug-likeness (QED) is 0.593. The first-order valence-electron chi connectivity index (χ1n) is 3.45. The summed E-state index contributed by atoms with van der Waals surface area (Å²) in [7, 11) is 0. The fourth-order valence-corrected chi connectivity index (χ4v) is 0.744. The summed E-state index contributed by atoms with van der Waals surface area (Å²) in [5.74, 6) is 0. The van der Waals surface area contributed by atoms with Gasteiger partial charge in [-0.1, -0.05) is 13.3 Å². The Morgan fingerprint density at radius 1 is 1.44 bits per heavy atom. The molecule has 2 nitrogen and oxygen atoms in total. The summed E-state index contributed by atoms with van der Waals surface area (Å²) in [6, 6.07) is 0. The molecule has 0 bridgehead atoms. The molecule has 0 aromatic carbocycles. The molecule has 0 rings (SSSR count). The van der Waals surface area contributed by atoms with Gasteiger partial charge in [0.05, 0.1) is 12.7 Å². The first-order valence-corrected chi connectivity index (χ1v) is 3.45. The second-order valence-electron chi connectivity index (χ2n) is 2.20. The van der Waals surface area contributed by atoms with E-state index < -0.39 is 0 Å². The van der Waals surface area contributed by atoms with Crippen molar-refractivity contribution >= 4 is 0 Å². The summed E-state index contributed by atoms with van der Waals surface area (Å²) in [5.41, 5.74) is 0. The average molecular weight is 131 g/mol. The Balaban J connectivity index is 2.95. The minimum Gasteiger partial charge on any atom is -0.393 e. The van der Waals surface area contributed by atoms with Crippen LogP contribution in [0.1, 0.15) is 32.6 Å². The van der Waals surface area contributed by atoms with Crippen LogP contribution >= 0.6 is 0 Å². The van der Waals surface area contributed by atoms with Gasteiger partial charge in [0.2, 0.25) is 0 Å². The van der Waals surface area contributed by atoms with E-state index in [0.29, 0.717) is 12.8 Å². The lowest BCUT2D eigenvalue weighted by atomic mass is 10.1. The Morgan fingerprint density at radius 3 is 2.56 bits per heavy atom. The van der Waals surface area contributed by atoms with E-state index in [-0.39, 0.29) is 6.10 Å². The Labute approximate surface area is 56.5 Å². The van der Waals surface area contributed by atoms with Crippen molar-refractivity contribution in [1.29, 1.82) is 0 Å². The highest BCUT2D eigenvalue weighted by molar-refractivity contribution is 4.57. The van der Waals surface area contributed by atoms with Gasteiger partial charge in [0.25, 0.3) is 0 Å². The van der Waals surface area contributed by atoms with Crippen molar-refractivity contribution in [2.24, 2.45) is 0 Å². The summed E-state index contributed by atoms with van der Waals surface area (Å²) in [6.45, 7) is 3.13. The third-order valence-corrected chi connectivity index (χ3v) is 1.25. The van der Waals surface area contributed by atoms with Crippen LogP contribution in [0.3, 0.4) is 0 Å². The standard InChI is InChI=1S/C7H15O2/c1-2-4-7(9)5-3-6-8/h6-9H,2-5H2,1H3. The zero-order chi connectivity index (χ0) is 7.11. The topological polar surface area (TPSA) is 40.5 Å². The monoisotopic (exact) mass is 131 g/mol. The molecule has 0 amide bonds. The van der Waals surface area contributed by atoms with Crippen LogP contribution in [0.15, 0.2) is 0 Å². The molecule has 1 unspecified atom stereocenters. The molecular formula is C7H15O2. The van der Waals surface area contributed by atoms with E-state index in [1.807, 2.05) is 6.92 Å². The summed E-state index contributed by atoms with van der Waals surface area (Å²) in [6.07, 6.45) is 2.91. The Kier molecular flexibility index (Phi) is 5.99. The van der Waals surface area contributed by atoms with Gasteiger partial charge in [0.1, 0.15) is 0 Å². The van der Waals surface area contributed by atoms with Crippen molar-refractivity contribution < 1.29 is 10.2 Å². The lowest BCUT2D eigenvalue weighted by Crippen LogP contribution is -2.04. The van der Waals surface area contributed by atoms with Crippen molar-refractivity contribution in [3.63, 3.8) is 0 Å². The van der Waals surface area contributed by atoms with E-state index in [9.17, 15) is 0 Å². The van der Waals surface area contributed by atoms with Crippen LogP contribution < -0.4 is 0 Å². The second-order valence-corrected chi connectivity index (χ2v) is 2.20. The maximum atomic E-state index is 9.05. The first-order chi connectivity index (χ1) is 4.31. The average Bonchev–Trinajstić information content (AvgIpc) is 1.85. The van der Waals surface area contributed by atoms with Crippen molar-refractivity contribution in [1.82, 2.24) is 0 Å². The Morgan fingerprint density at radius 2 is 2.11 bits per heavy atom. The van der Waals surface area contributed by atoms with Crippen molar-refractivity contribution in [3.05, 3.63) is 6.61 Å². The summed E-state index contributed by atoms with van der Waals surface area (Å²) in [4.78, 5) is 0. The fourth-order valence-electron chi connectivity index (χ4n) is 0.744. The molecule has 0 aliphatic carbocycles. The zero-order valence-electron chi connectivity index (χ0n) is 5.88. The van der Waals surface area contributed by atoms with Crippen molar-refractivity contribution in [2.45, 2.75) is 38.7 Å². The van der Waals surface area contributed by atoms with Crippen molar-refractivity contribution in [3.8, 4) is 0 Å². The lowest BCUT2D eigenvalue weighted by molar-refractivity contribution is 0.148. The van der Waals surface area contributed by atoms with Crippen LogP contribution in [0.5, 0.6) is 0 Å². The first kappa shape index (κ1) is 8.92. The van der Waals surface area contributed by atoms with Gasteiger partial charge in [-0.3, -0.25) is 0 Å². The lowest BCUT2D eigenvalue weighted by Gasteiger charge is -2.05. The third-order valence-electron chi connectivity index (χ3n) is 1.25. The number of aliphatic hydroxyl groups is 2. The van der Waals surface area contributed by atoms with Crippen LogP contribution in [0.2, 0.25) is 0 Å². The molecule has 0 aliphatic heterocycles. The van der Waals surface area contributed by atoms with Gasteiger partial charge < -0.3 is 10.2 Å². The zero-order valence-corrected chi connectivity index (χ0v) is 5.88. The highest BCUT2D eigenvalue weighted by atomic mass is 16.3. The van der Waals surface area contributed by atoms with Crippen LogP contribution in [0, 0.1) is 6.61 Å². The van der Waals surface area contributed by atoms with E-state index >= 15 is 0 Å². The van der Waals surface area contributed by atoms with Gasteiger partial charge in [-0.15, -0.1) is 0 Å². The Hall–Kier alpha value is -0.0800. The van der Waals surface area contributed by atoms with Crippen molar-refractivity contribution in [2.75, 3.05) is 0 Å². The molecule has 2 heteroatoms. The van der Waals surface area contributed by atoms with E-state index in [1.165, 1.54) is 0 Å². The number of hydrogen-bond donors (Lipinski definition) is 2. The normalized spacial score (nSPS) is 13.7. The molecule has 0 aromatic heterocycles. The molecular weight excluding hydrogens is 116 g/mol. The van der Waals surface area contributed by atoms with E-state index in [2.05, 4.69) is 0 Å². The molecule has 1 atom stereocenters. The molecule has 2 N–H and O–H groups in total. The molecule has 0 fully saturated rings. The van der Waals surface area contributed by atoms with E-state index in [0.717, 1.165) is 19.4 Å². The number of aliphatic hydroxyl groups excluding tert-OH is 2.